The first-order chi connectivity index (χ1) is 14.6. The van der Waals surface area contributed by atoms with E-state index in [2.05, 4.69) is 10.4 Å². The van der Waals surface area contributed by atoms with Crippen LogP contribution in [-0.4, -0.2) is 51.0 Å². The minimum Gasteiger partial charge on any atom is -0.329 e. The Labute approximate surface area is 184 Å². The lowest BCUT2D eigenvalue weighted by Crippen LogP contribution is -2.34. The van der Waals surface area contributed by atoms with E-state index in [-0.39, 0.29) is 22.1 Å². The van der Waals surface area contributed by atoms with Gasteiger partial charge < -0.3 is 15.8 Å². The first-order valence-electron chi connectivity index (χ1n) is 10.5. The van der Waals surface area contributed by atoms with Crippen molar-refractivity contribution in [3.8, 4) is 0 Å². The Kier molecular flexibility index (Phi) is 8.14. The smallest absolute Gasteiger partial charge is 0.230 e. The monoisotopic (exact) mass is 448 g/mol. The van der Waals surface area contributed by atoms with Crippen molar-refractivity contribution in [3.63, 3.8) is 0 Å². The molecule has 1 aliphatic rings. The number of hydrogen-bond donors (Lipinski definition) is 2. The summed E-state index contributed by atoms with van der Waals surface area (Å²) < 4.78 is 26.9. The quantitative estimate of drug-likeness (QED) is 0.531. The fraction of sp³-hybridized carbons (Fsp3) is 0.500. The second kappa shape index (κ2) is 10.2. The number of benzene rings is 1. The van der Waals surface area contributed by atoms with Crippen molar-refractivity contribution in [2.45, 2.75) is 51.9 Å². The molecule has 0 saturated heterocycles. The zero-order valence-corrected chi connectivity index (χ0v) is 19.5. The van der Waals surface area contributed by atoms with Crippen LogP contribution in [0.2, 0.25) is 0 Å². The van der Waals surface area contributed by atoms with Gasteiger partial charge in [0.15, 0.2) is 0 Å². The van der Waals surface area contributed by atoms with Crippen LogP contribution in [0, 0.1) is 5.41 Å². The van der Waals surface area contributed by atoms with E-state index in [1.54, 1.807) is 26.0 Å². The third kappa shape index (κ3) is 5.59. The number of hydrazone groups is 1. The predicted molar refractivity (Wildman–Crippen MR) is 122 cm³/mol. The number of rotatable bonds is 10. The zero-order chi connectivity index (χ0) is 23.2. The molecule has 3 N–H and O–H groups in total. The Morgan fingerprint density at radius 1 is 1.23 bits per heavy atom. The number of hydrogen-bond acceptors (Lipinski definition) is 7. The van der Waals surface area contributed by atoms with Crippen LogP contribution in [0.3, 0.4) is 0 Å². The summed E-state index contributed by atoms with van der Waals surface area (Å²) in [7, 11) is -3.77. The van der Waals surface area contributed by atoms with Gasteiger partial charge in [0, 0.05) is 25.2 Å². The van der Waals surface area contributed by atoms with E-state index in [1.165, 1.54) is 12.1 Å². The van der Waals surface area contributed by atoms with Crippen LogP contribution in [-0.2, 0) is 19.4 Å². The molecular weight excluding hydrogens is 416 g/mol. The second-order valence-corrected chi connectivity index (χ2v) is 9.99. The van der Waals surface area contributed by atoms with Gasteiger partial charge in [0.2, 0.25) is 15.7 Å². The van der Waals surface area contributed by atoms with Gasteiger partial charge >= 0.3 is 0 Å². The Balaban J connectivity index is 2.34. The molecule has 0 spiro atoms. The summed E-state index contributed by atoms with van der Waals surface area (Å²) in [6.45, 7) is 8.61. The first-order valence-corrected chi connectivity index (χ1v) is 11.9. The van der Waals surface area contributed by atoms with Gasteiger partial charge in [-0.1, -0.05) is 27.7 Å². The summed E-state index contributed by atoms with van der Waals surface area (Å²) >= 11 is 0. The Bertz CT molecular complexity index is 979. The molecule has 31 heavy (non-hydrogen) atoms. The summed E-state index contributed by atoms with van der Waals surface area (Å²) in [5.74, 6) is -0.307. The lowest BCUT2D eigenvalue weighted by atomic mass is 9.89. The van der Waals surface area contributed by atoms with Crippen LogP contribution in [0.15, 0.2) is 44.7 Å². The second-order valence-electron chi connectivity index (χ2n) is 8.10. The summed E-state index contributed by atoms with van der Waals surface area (Å²) in [6, 6.07) is 6.08. The molecule has 9 heteroatoms. The van der Waals surface area contributed by atoms with Crippen molar-refractivity contribution < 1.29 is 18.0 Å². The topological polar surface area (TPSA) is 122 Å². The molecule has 0 fully saturated rings. The first kappa shape index (κ1) is 24.7. The van der Waals surface area contributed by atoms with Crippen molar-refractivity contribution >= 4 is 33.4 Å². The molecule has 1 aliphatic heterocycles. The van der Waals surface area contributed by atoms with E-state index < -0.39 is 15.3 Å². The molecule has 0 radical (unpaired) electrons. The maximum Gasteiger partial charge on any atom is 0.230 e. The number of aldehydes is 1. The number of nitrogens with two attached hydrogens (primary N) is 1. The standard InChI is InChI=1S/C22H32N4O4S/c1-5-16-15-26(13-12-23)25-19(6-2)20(16)31(29,30)18-9-7-17(8-10-18)24-21(28)22(3,4)11-14-27/h7-10,14H,5-6,11-13,15,23H2,1-4H3,(H,24,28). The zero-order valence-electron chi connectivity index (χ0n) is 18.6. The summed E-state index contributed by atoms with van der Waals surface area (Å²) in [5.41, 5.74) is 6.61. The van der Waals surface area contributed by atoms with Crippen LogP contribution in [0.1, 0.15) is 47.0 Å². The van der Waals surface area contributed by atoms with Crippen LogP contribution in [0.5, 0.6) is 0 Å². The third-order valence-electron chi connectivity index (χ3n) is 5.27. The van der Waals surface area contributed by atoms with E-state index in [4.69, 9.17) is 5.73 Å². The molecule has 0 unspecified atom stereocenters. The van der Waals surface area contributed by atoms with Gasteiger partial charge in [0.1, 0.15) is 6.29 Å². The van der Waals surface area contributed by atoms with Crippen molar-refractivity contribution in [1.29, 1.82) is 0 Å². The number of allylic oxidation sites excluding steroid dienone is 1. The van der Waals surface area contributed by atoms with E-state index >= 15 is 0 Å². The highest BCUT2D eigenvalue weighted by atomic mass is 32.2. The molecule has 1 heterocycles. The molecule has 0 aromatic heterocycles. The molecule has 1 aromatic carbocycles. The Morgan fingerprint density at radius 2 is 1.87 bits per heavy atom. The maximum absolute atomic E-state index is 13.5. The highest BCUT2D eigenvalue weighted by Crippen LogP contribution is 2.30. The molecule has 0 bridgehead atoms. The number of carbonyl (C=O) groups is 2. The minimum absolute atomic E-state index is 0.0968. The Hall–Kier alpha value is -2.52. The number of amides is 1. The molecule has 0 atom stereocenters. The van der Waals surface area contributed by atoms with Crippen LogP contribution < -0.4 is 11.1 Å². The van der Waals surface area contributed by atoms with Crippen molar-refractivity contribution in [2.75, 3.05) is 25.0 Å². The fourth-order valence-electron chi connectivity index (χ4n) is 3.31. The number of nitrogens with zero attached hydrogens (tertiary/aromatic N) is 2. The van der Waals surface area contributed by atoms with Crippen molar-refractivity contribution in [1.82, 2.24) is 5.01 Å². The lowest BCUT2D eigenvalue weighted by molar-refractivity contribution is -0.126. The highest BCUT2D eigenvalue weighted by molar-refractivity contribution is 7.96. The highest BCUT2D eigenvalue weighted by Gasteiger charge is 2.32. The largest absolute Gasteiger partial charge is 0.329 e. The summed E-state index contributed by atoms with van der Waals surface area (Å²) in [5, 5.41) is 9.06. The lowest BCUT2D eigenvalue weighted by Gasteiger charge is -2.28. The number of sulfone groups is 1. The normalized spacial score (nSPS) is 15.0. The minimum atomic E-state index is -3.77. The molecule has 8 nitrogen and oxygen atoms in total. The fourth-order valence-corrected chi connectivity index (χ4v) is 5.13. The average Bonchev–Trinajstić information content (AvgIpc) is 2.73. The average molecular weight is 449 g/mol. The van der Waals surface area contributed by atoms with Crippen LogP contribution >= 0.6 is 0 Å². The SMILES string of the molecule is CCC1=NN(CCN)CC(CC)=C1S(=O)(=O)c1ccc(NC(=O)C(C)(C)CC=O)cc1. The molecule has 0 saturated carbocycles. The molecule has 0 aliphatic carbocycles. The van der Waals surface area contributed by atoms with Crippen LogP contribution in [0.4, 0.5) is 5.69 Å². The maximum atomic E-state index is 13.5. The molecule has 2 rings (SSSR count). The summed E-state index contributed by atoms with van der Waals surface area (Å²) in [6.07, 6.45) is 1.88. The molecule has 1 aromatic rings. The van der Waals surface area contributed by atoms with Crippen molar-refractivity contribution in [3.05, 3.63) is 34.7 Å². The third-order valence-corrected chi connectivity index (χ3v) is 7.22. The van der Waals surface area contributed by atoms with Gasteiger partial charge in [-0.25, -0.2) is 8.42 Å². The van der Waals surface area contributed by atoms with Gasteiger partial charge in [0.25, 0.3) is 0 Å². The van der Waals surface area contributed by atoms with Gasteiger partial charge in [0.05, 0.1) is 27.5 Å². The Morgan fingerprint density at radius 3 is 2.39 bits per heavy atom. The number of carbonyl (C=O) groups excluding carboxylic acids is 2. The van der Waals surface area contributed by atoms with E-state index in [9.17, 15) is 18.0 Å². The molecule has 170 valence electrons. The van der Waals surface area contributed by atoms with Crippen molar-refractivity contribution in [2.24, 2.45) is 16.3 Å². The number of anilines is 1. The van der Waals surface area contributed by atoms with Gasteiger partial charge in [-0.05, 0) is 42.7 Å². The van der Waals surface area contributed by atoms with Gasteiger partial charge in [-0.15, -0.1) is 0 Å². The van der Waals surface area contributed by atoms with Gasteiger partial charge in [-0.3, -0.25) is 9.80 Å². The summed E-state index contributed by atoms with van der Waals surface area (Å²) in [4.78, 5) is 23.6. The van der Waals surface area contributed by atoms with E-state index in [0.29, 0.717) is 50.2 Å². The molecular formula is C22H32N4O4S. The van der Waals surface area contributed by atoms with E-state index in [1.807, 2.05) is 18.9 Å². The van der Waals surface area contributed by atoms with E-state index in [0.717, 1.165) is 5.57 Å². The number of nitrogens with one attached hydrogen (secondary N) is 1. The van der Waals surface area contributed by atoms with Gasteiger partial charge in [-0.2, -0.15) is 5.10 Å². The predicted octanol–water partition coefficient (Wildman–Crippen LogP) is 2.72. The molecule has 1 amide bonds. The van der Waals surface area contributed by atoms with Crippen LogP contribution in [0.25, 0.3) is 0 Å².